The number of hydrogen-bond donors (Lipinski definition) is 0. The maximum atomic E-state index is 12.4. The Kier molecular flexibility index (Phi) is 5.80. The first-order valence-corrected chi connectivity index (χ1v) is 8.72. The number of rotatable bonds is 7. The van der Waals surface area contributed by atoms with E-state index in [4.69, 9.17) is 13.9 Å². The van der Waals surface area contributed by atoms with Crippen molar-refractivity contribution >= 4 is 29.0 Å². The van der Waals surface area contributed by atoms with E-state index < -0.39 is 0 Å². The van der Waals surface area contributed by atoms with Gasteiger partial charge in [-0.2, -0.15) is 0 Å². The molecule has 1 aliphatic heterocycles. The van der Waals surface area contributed by atoms with Crippen molar-refractivity contribution in [3.63, 3.8) is 0 Å². The largest absolute Gasteiger partial charge is 0.493 e. The number of benzene rings is 1. The van der Waals surface area contributed by atoms with Crippen LogP contribution in [0.15, 0.2) is 64.1 Å². The highest BCUT2D eigenvalue weighted by molar-refractivity contribution is 8.18. The molecular formula is C19H17NO5S. The van der Waals surface area contributed by atoms with Gasteiger partial charge in [0, 0.05) is 0 Å². The third kappa shape index (κ3) is 4.18. The van der Waals surface area contributed by atoms with E-state index in [1.807, 2.05) is 12.1 Å². The lowest BCUT2D eigenvalue weighted by atomic mass is 10.3. The number of amides is 2. The minimum atomic E-state index is -0.326. The quantitative estimate of drug-likeness (QED) is 0.686. The van der Waals surface area contributed by atoms with E-state index in [-0.39, 0.29) is 24.3 Å². The van der Waals surface area contributed by atoms with E-state index in [9.17, 15) is 9.59 Å². The molecule has 1 aromatic heterocycles. The average molecular weight is 371 g/mol. The van der Waals surface area contributed by atoms with E-state index in [0.29, 0.717) is 22.2 Å². The number of carbonyl (C=O) groups excluding carboxylic acids is 2. The molecule has 0 unspecified atom stereocenters. The Morgan fingerprint density at radius 2 is 1.96 bits per heavy atom. The summed E-state index contributed by atoms with van der Waals surface area (Å²) in [6.45, 7) is 0.357. The van der Waals surface area contributed by atoms with E-state index in [1.54, 1.807) is 55.9 Å². The van der Waals surface area contributed by atoms with E-state index in [1.165, 1.54) is 4.90 Å². The van der Waals surface area contributed by atoms with Gasteiger partial charge in [0.2, 0.25) is 0 Å². The van der Waals surface area contributed by atoms with Crippen LogP contribution in [0.3, 0.4) is 0 Å². The van der Waals surface area contributed by atoms with E-state index in [0.717, 1.165) is 11.8 Å². The topological polar surface area (TPSA) is 69.0 Å². The smallest absolute Gasteiger partial charge is 0.293 e. The van der Waals surface area contributed by atoms with Crippen LogP contribution in [-0.4, -0.2) is 36.3 Å². The molecule has 7 heteroatoms. The molecule has 2 heterocycles. The van der Waals surface area contributed by atoms with Gasteiger partial charge in [-0.3, -0.25) is 14.5 Å². The predicted octanol–water partition coefficient (Wildman–Crippen LogP) is 3.96. The van der Waals surface area contributed by atoms with Crippen LogP contribution in [-0.2, 0) is 4.79 Å². The van der Waals surface area contributed by atoms with Crippen molar-refractivity contribution in [2.45, 2.75) is 0 Å². The summed E-state index contributed by atoms with van der Waals surface area (Å²) in [5.41, 5.74) is 0. The van der Waals surface area contributed by atoms with Crippen LogP contribution in [0.5, 0.6) is 11.5 Å². The zero-order valence-electron chi connectivity index (χ0n) is 14.1. The molecule has 0 N–H and O–H groups in total. The third-order valence-corrected chi connectivity index (χ3v) is 4.49. The molecule has 134 valence electrons. The number of furan rings is 1. The molecule has 0 atom stereocenters. The number of carbonyl (C=O) groups is 2. The van der Waals surface area contributed by atoms with Gasteiger partial charge >= 0.3 is 0 Å². The van der Waals surface area contributed by atoms with Crippen LogP contribution >= 0.6 is 11.8 Å². The highest BCUT2D eigenvalue weighted by Crippen LogP contribution is 2.31. The summed E-state index contributed by atoms with van der Waals surface area (Å²) < 4.78 is 16.0. The lowest BCUT2D eigenvalue weighted by Gasteiger charge is -2.14. The lowest BCUT2D eigenvalue weighted by molar-refractivity contribution is -0.123. The predicted molar refractivity (Wildman–Crippen MR) is 99.0 cm³/mol. The van der Waals surface area contributed by atoms with Crippen LogP contribution in [0.2, 0.25) is 0 Å². The Hall–Kier alpha value is -2.93. The van der Waals surface area contributed by atoms with Crippen molar-refractivity contribution in [2.24, 2.45) is 0 Å². The van der Waals surface area contributed by atoms with Crippen molar-refractivity contribution in [3.8, 4) is 11.5 Å². The summed E-state index contributed by atoms with van der Waals surface area (Å²) in [6, 6.07) is 10.8. The van der Waals surface area contributed by atoms with E-state index in [2.05, 4.69) is 0 Å². The maximum Gasteiger partial charge on any atom is 0.293 e. The third-order valence-electron chi connectivity index (χ3n) is 3.57. The number of nitrogens with zero attached hydrogens (tertiary/aromatic N) is 1. The summed E-state index contributed by atoms with van der Waals surface area (Å²) in [7, 11) is 1.56. The van der Waals surface area contributed by atoms with Gasteiger partial charge in [0.25, 0.3) is 11.1 Å². The second-order valence-corrected chi connectivity index (χ2v) is 6.22. The van der Waals surface area contributed by atoms with Gasteiger partial charge in [0.15, 0.2) is 11.5 Å². The average Bonchev–Trinajstić information content (AvgIpc) is 3.26. The number of methoxy groups -OCH3 is 1. The number of ether oxygens (including phenoxy) is 2. The van der Waals surface area contributed by atoms with Crippen LogP contribution < -0.4 is 9.47 Å². The molecule has 26 heavy (non-hydrogen) atoms. The normalized spacial score (nSPS) is 16.0. The number of thioether (sulfide) groups is 1. The van der Waals surface area contributed by atoms with Crippen LogP contribution in [0, 0.1) is 0 Å². The summed E-state index contributed by atoms with van der Waals surface area (Å²) in [5.74, 6) is 1.52. The standard InChI is InChI=1S/C19H17NO5S/c1-23-15-8-2-3-9-16(15)25-13-11-20-18(21)17(26-19(20)22)10-4-6-14-7-5-12-24-14/h2-10,12H,11,13H2,1H3/b6-4+,17-10-. The SMILES string of the molecule is COc1ccccc1OCCN1C(=O)S/C(=C\C=C\c2ccco2)C1=O. The molecule has 1 fully saturated rings. The van der Waals surface area contributed by atoms with Gasteiger partial charge in [-0.05, 0) is 48.2 Å². The van der Waals surface area contributed by atoms with Gasteiger partial charge in [0.05, 0.1) is 24.8 Å². The molecule has 1 aliphatic rings. The fraction of sp³-hybridized carbons (Fsp3) is 0.158. The number of hydrogen-bond acceptors (Lipinski definition) is 6. The Labute approximate surface area is 155 Å². The summed E-state index contributed by atoms with van der Waals surface area (Å²) in [5, 5.41) is -0.309. The van der Waals surface area contributed by atoms with Gasteiger partial charge in [0.1, 0.15) is 12.4 Å². The first-order chi connectivity index (χ1) is 12.7. The second-order valence-electron chi connectivity index (χ2n) is 5.23. The summed E-state index contributed by atoms with van der Waals surface area (Å²) >= 11 is 0.909. The molecule has 6 nitrogen and oxygen atoms in total. The van der Waals surface area contributed by atoms with Gasteiger partial charge in [-0.25, -0.2) is 0 Å². The number of allylic oxidation sites excluding steroid dienone is 2. The summed E-state index contributed by atoms with van der Waals surface area (Å²) in [6.07, 6.45) is 6.57. The van der Waals surface area contributed by atoms with Crippen molar-refractivity contribution in [1.82, 2.24) is 4.90 Å². The molecule has 0 radical (unpaired) electrons. The fourth-order valence-corrected chi connectivity index (χ4v) is 3.12. The molecule has 1 saturated heterocycles. The zero-order valence-corrected chi connectivity index (χ0v) is 14.9. The molecule has 2 aromatic rings. The Balaban J connectivity index is 1.57. The van der Waals surface area contributed by atoms with Gasteiger partial charge in [-0.1, -0.05) is 18.2 Å². The highest BCUT2D eigenvalue weighted by Gasteiger charge is 2.34. The molecule has 2 amide bonds. The molecule has 0 saturated carbocycles. The Morgan fingerprint density at radius 1 is 1.15 bits per heavy atom. The molecular weight excluding hydrogens is 354 g/mol. The Morgan fingerprint density at radius 3 is 2.69 bits per heavy atom. The lowest BCUT2D eigenvalue weighted by Crippen LogP contribution is -2.32. The minimum absolute atomic E-state index is 0.169. The highest BCUT2D eigenvalue weighted by atomic mass is 32.2. The zero-order chi connectivity index (χ0) is 18.4. The molecule has 0 spiro atoms. The van der Waals surface area contributed by atoms with E-state index >= 15 is 0 Å². The van der Waals surface area contributed by atoms with Crippen LogP contribution in [0.25, 0.3) is 6.08 Å². The first kappa shape index (κ1) is 17.9. The number of para-hydroxylation sites is 2. The monoisotopic (exact) mass is 371 g/mol. The number of imide groups is 1. The minimum Gasteiger partial charge on any atom is -0.493 e. The van der Waals surface area contributed by atoms with Crippen molar-refractivity contribution < 1.29 is 23.5 Å². The van der Waals surface area contributed by atoms with Gasteiger partial charge in [-0.15, -0.1) is 0 Å². The molecule has 0 aliphatic carbocycles. The van der Waals surface area contributed by atoms with Crippen molar-refractivity contribution in [3.05, 3.63) is 65.5 Å². The maximum absolute atomic E-state index is 12.4. The summed E-state index contributed by atoms with van der Waals surface area (Å²) in [4.78, 5) is 26.0. The van der Waals surface area contributed by atoms with Crippen molar-refractivity contribution in [2.75, 3.05) is 20.3 Å². The van der Waals surface area contributed by atoms with Crippen LogP contribution in [0.4, 0.5) is 4.79 Å². The molecule has 0 bridgehead atoms. The van der Waals surface area contributed by atoms with Crippen LogP contribution in [0.1, 0.15) is 5.76 Å². The molecule has 3 rings (SSSR count). The fourth-order valence-electron chi connectivity index (χ4n) is 2.31. The Bertz CT molecular complexity index is 841. The second kappa shape index (κ2) is 8.44. The molecule has 1 aromatic carbocycles. The van der Waals surface area contributed by atoms with Gasteiger partial charge < -0.3 is 13.9 Å². The first-order valence-electron chi connectivity index (χ1n) is 7.90. The van der Waals surface area contributed by atoms with Crippen molar-refractivity contribution in [1.29, 1.82) is 0 Å².